The molecule has 2 aliphatic heterocycles. The molecule has 8 rings (SSSR count). The van der Waals surface area contributed by atoms with E-state index in [0.717, 1.165) is 55.7 Å². The van der Waals surface area contributed by atoms with E-state index in [1.165, 1.54) is 19.2 Å². The van der Waals surface area contributed by atoms with Crippen LogP contribution in [0.3, 0.4) is 0 Å². The fraction of sp³-hybridized carbons (Fsp3) is 0.472. The molecule has 1 aromatic carbocycles. The average molecular weight is 691 g/mol. The predicted molar refractivity (Wildman–Crippen MR) is 186 cm³/mol. The van der Waals surface area contributed by atoms with Crippen LogP contribution in [-0.2, 0) is 24.9 Å². The van der Waals surface area contributed by atoms with Gasteiger partial charge in [-0.25, -0.2) is 19.6 Å². The number of rotatable bonds is 12. The summed E-state index contributed by atoms with van der Waals surface area (Å²) in [5.41, 5.74) is 3.70. The maximum atomic E-state index is 9.71. The van der Waals surface area contributed by atoms with Crippen molar-refractivity contribution in [2.24, 2.45) is 7.05 Å². The maximum absolute atomic E-state index is 9.71. The molecule has 1 saturated carbocycles. The first-order valence-corrected chi connectivity index (χ1v) is 17.7. The lowest BCUT2D eigenvalue weighted by molar-refractivity contribution is -0.0458. The van der Waals surface area contributed by atoms with Gasteiger partial charge >= 0.3 is 0 Å². The highest BCUT2D eigenvalue weighted by Crippen LogP contribution is 2.39. The summed E-state index contributed by atoms with van der Waals surface area (Å²) in [6, 6.07) is 11.7. The van der Waals surface area contributed by atoms with Crippen molar-refractivity contribution < 1.29 is 14.2 Å². The number of benzene rings is 1. The topological polar surface area (TPSA) is 159 Å². The number of ether oxygens (including phenoxy) is 3. The zero-order chi connectivity index (χ0) is 34.7. The normalized spacial score (nSPS) is 22.4. The fourth-order valence-electron chi connectivity index (χ4n) is 7.72. The van der Waals surface area contributed by atoms with Crippen LogP contribution in [0.15, 0.2) is 61.7 Å². The third kappa shape index (κ3) is 7.15. The molecule has 3 fully saturated rings. The maximum Gasteiger partial charge on any atom is 0.257 e. The van der Waals surface area contributed by atoms with Crippen molar-refractivity contribution in [1.29, 1.82) is 5.26 Å². The molecule has 3 atom stereocenters. The minimum absolute atomic E-state index is 0.234. The van der Waals surface area contributed by atoms with Crippen LogP contribution in [0.25, 0.3) is 11.1 Å². The SMILES string of the molecule is C[C@@H](Cn1cncn1)Oc1cc(-c2cnc(Nc3cn(C4CCC(N5[C@@H]6CC[C@H]5COC6)CC4)nc3OCc3ccnn3C)nc2)ccc1C#N. The monoisotopic (exact) mass is 690 g/mol. The molecule has 264 valence electrons. The van der Waals surface area contributed by atoms with Gasteiger partial charge in [0.1, 0.15) is 42.9 Å². The van der Waals surface area contributed by atoms with E-state index >= 15 is 0 Å². The largest absolute Gasteiger partial charge is 0.487 e. The van der Waals surface area contributed by atoms with Gasteiger partial charge in [-0.1, -0.05) is 6.07 Å². The predicted octanol–water partition coefficient (Wildman–Crippen LogP) is 4.67. The lowest BCUT2D eigenvalue weighted by Crippen LogP contribution is -2.52. The number of nitriles is 1. The van der Waals surface area contributed by atoms with Crippen molar-refractivity contribution in [2.45, 2.75) is 88.9 Å². The van der Waals surface area contributed by atoms with Gasteiger partial charge in [0.2, 0.25) is 5.95 Å². The summed E-state index contributed by atoms with van der Waals surface area (Å²) in [5.74, 6) is 1.40. The van der Waals surface area contributed by atoms with Crippen molar-refractivity contribution in [3.8, 4) is 28.8 Å². The van der Waals surface area contributed by atoms with Gasteiger partial charge < -0.3 is 19.5 Å². The van der Waals surface area contributed by atoms with Crippen molar-refractivity contribution in [1.82, 2.24) is 49.2 Å². The van der Waals surface area contributed by atoms with Gasteiger partial charge in [-0.3, -0.25) is 14.3 Å². The first-order valence-electron chi connectivity index (χ1n) is 17.7. The number of nitrogens with zero attached hydrogens (tertiary/aromatic N) is 11. The number of aromatic nitrogens is 9. The second-order valence-corrected chi connectivity index (χ2v) is 13.7. The molecule has 0 spiro atoms. The van der Waals surface area contributed by atoms with Gasteiger partial charge in [0.05, 0.1) is 43.3 Å². The van der Waals surface area contributed by atoms with Gasteiger partial charge in [0, 0.05) is 49.3 Å². The van der Waals surface area contributed by atoms with E-state index in [1.54, 1.807) is 40.3 Å². The molecule has 2 saturated heterocycles. The molecule has 15 heteroatoms. The summed E-state index contributed by atoms with van der Waals surface area (Å²) in [7, 11) is 1.90. The Morgan fingerprint density at radius 2 is 1.75 bits per heavy atom. The summed E-state index contributed by atoms with van der Waals surface area (Å²) < 4.78 is 23.8. The van der Waals surface area contributed by atoms with Gasteiger partial charge in [0.25, 0.3) is 5.88 Å². The van der Waals surface area contributed by atoms with Gasteiger partial charge in [0.15, 0.2) is 0 Å². The molecule has 1 aliphatic carbocycles. The molecule has 2 bridgehead atoms. The Kier molecular flexibility index (Phi) is 9.33. The quantitative estimate of drug-likeness (QED) is 0.193. The molecule has 0 radical (unpaired) electrons. The Hall–Kier alpha value is -5.33. The Morgan fingerprint density at radius 1 is 0.980 bits per heavy atom. The number of fused-ring (bicyclic) bond motifs is 2. The molecular weight excluding hydrogens is 648 g/mol. The second-order valence-electron chi connectivity index (χ2n) is 13.7. The molecular formula is C36H42N12O3. The third-order valence-electron chi connectivity index (χ3n) is 10.3. The second kappa shape index (κ2) is 14.5. The van der Waals surface area contributed by atoms with Crippen molar-refractivity contribution in [2.75, 3.05) is 18.5 Å². The fourth-order valence-corrected chi connectivity index (χ4v) is 7.72. The van der Waals surface area contributed by atoms with Crippen LogP contribution in [0.2, 0.25) is 0 Å². The first-order chi connectivity index (χ1) is 25.0. The van der Waals surface area contributed by atoms with Crippen LogP contribution in [0.4, 0.5) is 11.6 Å². The number of anilines is 2. The molecule has 0 unspecified atom stereocenters. The summed E-state index contributed by atoms with van der Waals surface area (Å²) in [6.07, 6.45) is 17.1. The molecule has 51 heavy (non-hydrogen) atoms. The van der Waals surface area contributed by atoms with Crippen molar-refractivity contribution >= 4 is 11.6 Å². The smallest absolute Gasteiger partial charge is 0.257 e. The van der Waals surface area contributed by atoms with Crippen LogP contribution < -0.4 is 14.8 Å². The molecule has 6 heterocycles. The standard InChI is InChI=1S/C36H42N12O3/c1-24(17-46-23-38-22-42-46)51-34-13-25(3-4-26(34)14-37)27-15-39-36(40-16-27)43-33-18-47(44-35(33)50-21-30-11-12-41-45(30)2)28-5-7-29(8-6-28)48-31-9-10-32(48)20-49-19-31/h3-4,11-13,15-16,18,22-24,28-29,31-32H,5-10,17,19-21H2,1-2H3,(H,39,40,43)/t24-,28?,29?,31-,32+/m0/s1. The van der Waals surface area contributed by atoms with Gasteiger partial charge in [-0.15, -0.1) is 5.10 Å². The minimum atomic E-state index is -0.234. The van der Waals surface area contributed by atoms with E-state index in [4.69, 9.17) is 19.3 Å². The minimum Gasteiger partial charge on any atom is -0.487 e. The molecule has 1 N–H and O–H groups in total. The molecule has 4 aromatic heterocycles. The number of hydrogen-bond donors (Lipinski definition) is 1. The number of hydrogen-bond acceptors (Lipinski definition) is 12. The van der Waals surface area contributed by atoms with Crippen molar-refractivity contribution in [3.05, 3.63) is 73.0 Å². The summed E-state index contributed by atoms with van der Waals surface area (Å²) in [4.78, 5) is 16.0. The highest BCUT2D eigenvalue weighted by Gasteiger charge is 2.42. The van der Waals surface area contributed by atoms with Crippen LogP contribution in [0.1, 0.15) is 62.7 Å². The molecule has 3 aliphatic rings. The van der Waals surface area contributed by atoms with Crippen molar-refractivity contribution in [3.63, 3.8) is 0 Å². The highest BCUT2D eigenvalue weighted by atomic mass is 16.5. The lowest BCUT2D eigenvalue weighted by Gasteiger charge is -2.43. The Morgan fingerprint density at radius 3 is 2.45 bits per heavy atom. The van der Waals surface area contributed by atoms with Gasteiger partial charge in [-0.05, 0) is 69.2 Å². The number of aryl methyl sites for hydroxylation is 1. The Balaban J connectivity index is 0.969. The van der Waals surface area contributed by atoms with Crippen LogP contribution in [-0.4, -0.2) is 86.6 Å². The lowest BCUT2D eigenvalue weighted by atomic mass is 9.89. The van der Waals surface area contributed by atoms with Crippen LogP contribution in [0, 0.1) is 11.3 Å². The van der Waals surface area contributed by atoms with E-state index in [2.05, 4.69) is 46.1 Å². The van der Waals surface area contributed by atoms with E-state index < -0.39 is 0 Å². The summed E-state index contributed by atoms with van der Waals surface area (Å²) in [6.45, 7) is 4.50. The zero-order valence-electron chi connectivity index (χ0n) is 28.9. The van der Waals surface area contributed by atoms with E-state index in [-0.39, 0.29) is 12.1 Å². The van der Waals surface area contributed by atoms with Gasteiger partial charge in [-0.2, -0.15) is 15.5 Å². The van der Waals surface area contributed by atoms with E-state index in [9.17, 15) is 5.26 Å². The van der Waals surface area contributed by atoms with E-state index in [1.807, 2.05) is 38.4 Å². The summed E-state index contributed by atoms with van der Waals surface area (Å²) >= 11 is 0. The summed E-state index contributed by atoms with van der Waals surface area (Å²) in [5, 5.41) is 26.4. The molecule has 5 aromatic rings. The van der Waals surface area contributed by atoms with E-state index in [0.29, 0.717) is 60.1 Å². The Labute approximate surface area is 296 Å². The van der Waals surface area contributed by atoms with Crippen LogP contribution in [0.5, 0.6) is 11.6 Å². The number of morpholine rings is 1. The van der Waals surface area contributed by atoms with Crippen LogP contribution >= 0.6 is 0 Å². The third-order valence-corrected chi connectivity index (χ3v) is 10.3. The highest BCUT2D eigenvalue weighted by molar-refractivity contribution is 5.67. The average Bonchev–Trinajstić information content (AvgIpc) is 3.95. The first kappa shape index (κ1) is 32.9. The molecule has 15 nitrogen and oxygen atoms in total. The zero-order valence-corrected chi connectivity index (χ0v) is 28.9. The number of nitrogens with one attached hydrogen (secondary N) is 1. The molecule has 0 amide bonds. The Bertz CT molecular complexity index is 1940.